The van der Waals surface area contributed by atoms with Crippen LogP contribution in [-0.2, 0) is 6.54 Å². The smallest absolute Gasteiger partial charge is 0.142 e. The third-order valence-corrected chi connectivity index (χ3v) is 2.50. The standard InChI is InChI=1S/C11H16N2O/c1-12-8-9-3-4-11-10(7-9)13(2)5-6-14-11/h3-4,7,12H,5-6,8H2,1-2H3. The highest BCUT2D eigenvalue weighted by Crippen LogP contribution is 2.31. The third-order valence-electron chi connectivity index (χ3n) is 2.50. The van der Waals surface area contributed by atoms with Gasteiger partial charge in [-0.05, 0) is 24.7 Å². The Bertz CT molecular complexity index is 325. The van der Waals surface area contributed by atoms with Gasteiger partial charge >= 0.3 is 0 Å². The minimum atomic E-state index is 0.787. The summed E-state index contributed by atoms with van der Waals surface area (Å²) in [5.41, 5.74) is 2.49. The number of rotatable bonds is 2. The van der Waals surface area contributed by atoms with E-state index in [1.165, 1.54) is 11.3 Å². The first-order valence-corrected chi connectivity index (χ1v) is 4.92. The first kappa shape index (κ1) is 9.34. The molecule has 14 heavy (non-hydrogen) atoms. The molecule has 0 aliphatic carbocycles. The number of hydrogen-bond acceptors (Lipinski definition) is 3. The quantitative estimate of drug-likeness (QED) is 0.763. The lowest BCUT2D eigenvalue weighted by atomic mass is 10.1. The summed E-state index contributed by atoms with van der Waals surface area (Å²) in [6, 6.07) is 6.34. The largest absolute Gasteiger partial charge is 0.490 e. The third kappa shape index (κ3) is 1.68. The number of fused-ring (bicyclic) bond motifs is 1. The fraction of sp³-hybridized carbons (Fsp3) is 0.455. The van der Waals surface area contributed by atoms with E-state index in [4.69, 9.17) is 4.74 Å². The molecule has 0 radical (unpaired) electrons. The van der Waals surface area contributed by atoms with E-state index in [1.807, 2.05) is 7.05 Å². The summed E-state index contributed by atoms with van der Waals surface area (Å²) in [6.45, 7) is 2.66. The van der Waals surface area contributed by atoms with Crippen LogP contribution in [0.1, 0.15) is 5.56 Å². The Labute approximate surface area is 84.7 Å². The lowest BCUT2D eigenvalue weighted by Crippen LogP contribution is -2.28. The van der Waals surface area contributed by atoms with Crippen molar-refractivity contribution in [3.63, 3.8) is 0 Å². The van der Waals surface area contributed by atoms with Crippen LogP contribution < -0.4 is 15.0 Å². The second-order valence-corrected chi connectivity index (χ2v) is 3.60. The molecule has 0 spiro atoms. The predicted molar refractivity (Wildman–Crippen MR) is 58.0 cm³/mol. The van der Waals surface area contributed by atoms with Crippen molar-refractivity contribution < 1.29 is 4.74 Å². The number of ether oxygens (including phenoxy) is 1. The SMILES string of the molecule is CNCc1ccc2c(c1)N(C)CCO2. The maximum Gasteiger partial charge on any atom is 0.142 e. The molecule has 3 nitrogen and oxygen atoms in total. The number of anilines is 1. The van der Waals surface area contributed by atoms with Crippen LogP contribution in [0.15, 0.2) is 18.2 Å². The molecule has 1 aliphatic rings. The first-order valence-electron chi connectivity index (χ1n) is 4.92. The van der Waals surface area contributed by atoms with Crippen molar-refractivity contribution in [3.05, 3.63) is 23.8 Å². The molecule has 0 aromatic heterocycles. The zero-order valence-corrected chi connectivity index (χ0v) is 8.71. The van der Waals surface area contributed by atoms with Gasteiger partial charge in [-0.2, -0.15) is 0 Å². The molecule has 0 fully saturated rings. The fourth-order valence-electron chi connectivity index (χ4n) is 1.71. The lowest BCUT2D eigenvalue weighted by molar-refractivity contribution is 0.311. The van der Waals surface area contributed by atoms with E-state index in [0.29, 0.717) is 0 Å². The number of hydrogen-bond donors (Lipinski definition) is 1. The van der Waals surface area contributed by atoms with Crippen molar-refractivity contribution in [1.29, 1.82) is 0 Å². The van der Waals surface area contributed by atoms with Gasteiger partial charge in [-0.15, -0.1) is 0 Å². The molecule has 0 amide bonds. The van der Waals surface area contributed by atoms with E-state index in [2.05, 4.69) is 35.5 Å². The van der Waals surface area contributed by atoms with Gasteiger partial charge in [-0.1, -0.05) is 6.07 Å². The van der Waals surface area contributed by atoms with Gasteiger partial charge in [0, 0.05) is 13.6 Å². The molecule has 1 aromatic rings. The van der Waals surface area contributed by atoms with Gasteiger partial charge in [0.25, 0.3) is 0 Å². The summed E-state index contributed by atoms with van der Waals surface area (Å²) in [7, 11) is 4.06. The van der Waals surface area contributed by atoms with E-state index in [0.717, 1.165) is 25.4 Å². The monoisotopic (exact) mass is 192 g/mol. The van der Waals surface area contributed by atoms with E-state index < -0.39 is 0 Å². The molecule has 0 atom stereocenters. The molecule has 2 rings (SSSR count). The van der Waals surface area contributed by atoms with Crippen LogP contribution in [0.4, 0.5) is 5.69 Å². The fourth-order valence-corrected chi connectivity index (χ4v) is 1.71. The molecule has 0 unspecified atom stereocenters. The number of nitrogens with zero attached hydrogens (tertiary/aromatic N) is 1. The molecule has 3 heteroatoms. The van der Waals surface area contributed by atoms with Crippen molar-refractivity contribution in [2.75, 3.05) is 32.1 Å². The zero-order valence-electron chi connectivity index (χ0n) is 8.71. The maximum absolute atomic E-state index is 5.56. The Morgan fingerprint density at radius 2 is 2.36 bits per heavy atom. The Kier molecular flexibility index (Phi) is 2.59. The molecule has 0 bridgehead atoms. The summed E-state index contributed by atoms with van der Waals surface area (Å²) < 4.78 is 5.56. The number of benzene rings is 1. The molecule has 1 aromatic carbocycles. The normalized spacial score (nSPS) is 14.9. The summed E-state index contributed by atoms with van der Waals surface area (Å²) in [5.74, 6) is 0.999. The molecule has 0 saturated heterocycles. The van der Waals surface area contributed by atoms with Crippen molar-refractivity contribution in [2.45, 2.75) is 6.54 Å². The van der Waals surface area contributed by atoms with Crippen LogP contribution in [0, 0.1) is 0 Å². The van der Waals surface area contributed by atoms with Crippen LogP contribution in [0.2, 0.25) is 0 Å². The van der Waals surface area contributed by atoms with Gasteiger partial charge in [0.1, 0.15) is 12.4 Å². The van der Waals surface area contributed by atoms with Gasteiger partial charge in [0.2, 0.25) is 0 Å². The van der Waals surface area contributed by atoms with Gasteiger partial charge < -0.3 is 15.0 Å². The summed E-state index contributed by atoms with van der Waals surface area (Å²) in [4.78, 5) is 2.23. The number of nitrogens with one attached hydrogen (secondary N) is 1. The average Bonchev–Trinajstić information content (AvgIpc) is 2.20. The van der Waals surface area contributed by atoms with E-state index in [-0.39, 0.29) is 0 Å². The Morgan fingerprint density at radius 1 is 1.50 bits per heavy atom. The predicted octanol–water partition coefficient (Wildman–Crippen LogP) is 1.23. The second kappa shape index (κ2) is 3.88. The summed E-state index contributed by atoms with van der Waals surface area (Å²) in [6.07, 6.45) is 0. The van der Waals surface area contributed by atoms with Crippen molar-refractivity contribution >= 4 is 5.69 Å². The van der Waals surface area contributed by atoms with E-state index in [9.17, 15) is 0 Å². The minimum absolute atomic E-state index is 0.787. The van der Waals surface area contributed by atoms with Crippen LogP contribution >= 0.6 is 0 Å². The number of likely N-dealkylation sites (N-methyl/N-ethyl adjacent to an activating group) is 1. The topological polar surface area (TPSA) is 24.5 Å². The van der Waals surface area contributed by atoms with Gasteiger partial charge in [0.05, 0.1) is 12.2 Å². The Hall–Kier alpha value is -1.22. The molecule has 76 valence electrons. The van der Waals surface area contributed by atoms with Crippen molar-refractivity contribution in [2.24, 2.45) is 0 Å². The van der Waals surface area contributed by atoms with Gasteiger partial charge in [0.15, 0.2) is 0 Å². The van der Waals surface area contributed by atoms with Gasteiger partial charge in [-0.3, -0.25) is 0 Å². The molecular weight excluding hydrogens is 176 g/mol. The second-order valence-electron chi connectivity index (χ2n) is 3.60. The highest BCUT2D eigenvalue weighted by atomic mass is 16.5. The van der Waals surface area contributed by atoms with Gasteiger partial charge in [-0.25, -0.2) is 0 Å². The zero-order chi connectivity index (χ0) is 9.97. The Balaban J connectivity index is 2.31. The van der Waals surface area contributed by atoms with E-state index >= 15 is 0 Å². The Morgan fingerprint density at radius 3 is 3.14 bits per heavy atom. The highest BCUT2D eigenvalue weighted by Gasteiger charge is 2.14. The highest BCUT2D eigenvalue weighted by molar-refractivity contribution is 5.60. The average molecular weight is 192 g/mol. The molecule has 1 N–H and O–H groups in total. The van der Waals surface area contributed by atoms with Crippen LogP contribution in [0.3, 0.4) is 0 Å². The summed E-state index contributed by atoms with van der Waals surface area (Å²) >= 11 is 0. The van der Waals surface area contributed by atoms with Crippen LogP contribution in [-0.4, -0.2) is 27.2 Å². The van der Waals surface area contributed by atoms with Crippen LogP contribution in [0.25, 0.3) is 0 Å². The minimum Gasteiger partial charge on any atom is -0.490 e. The molecule has 1 aliphatic heterocycles. The van der Waals surface area contributed by atoms with E-state index in [1.54, 1.807) is 0 Å². The lowest BCUT2D eigenvalue weighted by Gasteiger charge is -2.28. The maximum atomic E-state index is 5.56. The molecular formula is C11H16N2O. The van der Waals surface area contributed by atoms with Crippen LogP contribution in [0.5, 0.6) is 5.75 Å². The molecule has 1 heterocycles. The first-order chi connectivity index (χ1) is 6.81. The van der Waals surface area contributed by atoms with Crippen molar-refractivity contribution in [1.82, 2.24) is 5.32 Å². The molecule has 0 saturated carbocycles. The van der Waals surface area contributed by atoms with Crippen molar-refractivity contribution in [3.8, 4) is 5.75 Å². The summed E-state index contributed by atoms with van der Waals surface area (Å²) in [5, 5.41) is 3.15.